The van der Waals surface area contributed by atoms with Crippen LogP contribution in [-0.4, -0.2) is 45.5 Å². The zero-order valence-corrected chi connectivity index (χ0v) is 8.40. The highest BCUT2D eigenvalue weighted by Crippen LogP contribution is 2.19. The molecule has 0 aromatic heterocycles. The van der Waals surface area contributed by atoms with Gasteiger partial charge in [-0.05, 0) is 0 Å². The van der Waals surface area contributed by atoms with Crippen molar-refractivity contribution in [3.63, 3.8) is 0 Å². The summed E-state index contributed by atoms with van der Waals surface area (Å²) in [4.78, 5) is 12.0. The second-order valence-corrected chi connectivity index (χ2v) is 4.43. The van der Waals surface area contributed by atoms with E-state index in [1.807, 2.05) is 11.8 Å². The Labute approximate surface area is 78.3 Å². The van der Waals surface area contributed by atoms with E-state index >= 15 is 0 Å². The maximum Gasteiger partial charge on any atom is 0.407 e. The summed E-state index contributed by atoms with van der Waals surface area (Å²) in [5.74, 6) is 0.919. The molecule has 0 saturated carbocycles. The standard InChI is InChI=1S/C6H10BrNO2S/c7-3-5-4-8(6(9)10)1-2-11-5/h5H,1-4H2,(H,9,10). The van der Waals surface area contributed by atoms with E-state index in [0.29, 0.717) is 18.3 Å². The molecule has 0 aromatic carbocycles. The lowest BCUT2D eigenvalue weighted by molar-refractivity contribution is 0.147. The second-order valence-electron chi connectivity index (χ2n) is 2.38. The van der Waals surface area contributed by atoms with E-state index < -0.39 is 6.09 Å². The molecule has 1 unspecified atom stereocenters. The summed E-state index contributed by atoms with van der Waals surface area (Å²) < 4.78 is 0. The molecular formula is C6H10BrNO2S. The van der Waals surface area contributed by atoms with Gasteiger partial charge in [0.25, 0.3) is 0 Å². The number of carbonyl (C=O) groups is 1. The van der Waals surface area contributed by atoms with Gasteiger partial charge in [0.15, 0.2) is 0 Å². The van der Waals surface area contributed by atoms with Crippen molar-refractivity contribution in [1.82, 2.24) is 4.90 Å². The quantitative estimate of drug-likeness (QED) is 0.705. The first-order valence-corrected chi connectivity index (χ1v) is 5.56. The number of rotatable bonds is 1. The lowest BCUT2D eigenvalue weighted by Gasteiger charge is -2.29. The number of hydrogen-bond donors (Lipinski definition) is 1. The van der Waals surface area contributed by atoms with Gasteiger partial charge in [-0.15, -0.1) is 0 Å². The average molecular weight is 240 g/mol. The highest BCUT2D eigenvalue weighted by molar-refractivity contribution is 9.09. The number of carboxylic acid groups (broad SMARTS) is 1. The Bertz CT molecular complexity index is 156. The molecule has 1 amide bonds. The summed E-state index contributed by atoms with van der Waals surface area (Å²) in [6.45, 7) is 1.33. The summed E-state index contributed by atoms with van der Waals surface area (Å²) in [5.41, 5.74) is 0. The number of nitrogens with zero attached hydrogens (tertiary/aromatic N) is 1. The summed E-state index contributed by atoms with van der Waals surface area (Å²) in [7, 11) is 0. The van der Waals surface area contributed by atoms with Gasteiger partial charge in [0.1, 0.15) is 0 Å². The molecule has 0 bridgehead atoms. The minimum atomic E-state index is -0.795. The van der Waals surface area contributed by atoms with Crippen molar-refractivity contribution in [1.29, 1.82) is 0 Å². The van der Waals surface area contributed by atoms with Crippen molar-refractivity contribution in [2.24, 2.45) is 0 Å². The first-order valence-electron chi connectivity index (χ1n) is 3.39. The third-order valence-corrected chi connectivity index (χ3v) is 4.00. The van der Waals surface area contributed by atoms with Gasteiger partial charge >= 0.3 is 6.09 Å². The summed E-state index contributed by atoms with van der Waals surface area (Å²) >= 11 is 5.18. The second kappa shape index (κ2) is 4.21. The molecule has 3 nitrogen and oxygen atoms in total. The Morgan fingerprint density at radius 1 is 1.82 bits per heavy atom. The maximum absolute atomic E-state index is 10.5. The number of amides is 1. The van der Waals surface area contributed by atoms with Crippen LogP contribution in [-0.2, 0) is 0 Å². The molecule has 1 N–H and O–H groups in total. The van der Waals surface area contributed by atoms with E-state index in [4.69, 9.17) is 5.11 Å². The summed E-state index contributed by atoms with van der Waals surface area (Å²) in [6, 6.07) is 0. The maximum atomic E-state index is 10.5. The molecule has 1 atom stereocenters. The fourth-order valence-electron chi connectivity index (χ4n) is 0.986. The predicted octanol–water partition coefficient (Wildman–Crippen LogP) is 1.48. The highest BCUT2D eigenvalue weighted by atomic mass is 79.9. The minimum Gasteiger partial charge on any atom is -0.465 e. The predicted molar refractivity (Wildman–Crippen MR) is 49.6 cm³/mol. The Morgan fingerprint density at radius 3 is 3.09 bits per heavy atom. The molecule has 64 valence electrons. The zero-order chi connectivity index (χ0) is 8.27. The van der Waals surface area contributed by atoms with Gasteiger partial charge in [0.2, 0.25) is 0 Å². The molecule has 0 aromatic rings. The molecule has 5 heteroatoms. The molecule has 0 spiro atoms. The van der Waals surface area contributed by atoms with Gasteiger partial charge in [0, 0.05) is 29.4 Å². The molecule has 1 fully saturated rings. The minimum absolute atomic E-state index is 0.430. The van der Waals surface area contributed by atoms with Gasteiger partial charge in [-0.2, -0.15) is 11.8 Å². The first-order chi connectivity index (χ1) is 5.24. The van der Waals surface area contributed by atoms with Gasteiger partial charge < -0.3 is 10.0 Å². The Hall–Kier alpha value is 0.100. The van der Waals surface area contributed by atoms with E-state index in [1.165, 1.54) is 4.90 Å². The van der Waals surface area contributed by atoms with Crippen molar-refractivity contribution < 1.29 is 9.90 Å². The number of thioether (sulfide) groups is 1. The van der Waals surface area contributed by atoms with Crippen LogP contribution in [0, 0.1) is 0 Å². The molecule has 1 rings (SSSR count). The molecule has 0 aliphatic carbocycles. The van der Waals surface area contributed by atoms with Crippen LogP contribution in [0.1, 0.15) is 0 Å². The largest absolute Gasteiger partial charge is 0.465 e. The highest BCUT2D eigenvalue weighted by Gasteiger charge is 2.22. The normalized spacial score (nSPS) is 25.2. The van der Waals surface area contributed by atoms with Gasteiger partial charge in [-0.1, -0.05) is 15.9 Å². The molecular weight excluding hydrogens is 230 g/mol. The fourth-order valence-corrected chi connectivity index (χ4v) is 2.79. The summed E-state index contributed by atoms with van der Waals surface area (Å²) in [6.07, 6.45) is -0.795. The van der Waals surface area contributed by atoms with Crippen LogP contribution in [0.4, 0.5) is 4.79 Å². The molecule has 0 radical (unpaired) electrons. The van der Waals surface area contributed by atoms with Crippen molar-refractivity contribution in [2.75, 3.05) is 24.2 Å². The van der Waals surface area contributed by atoms with Crippen LogP contribution in [0.2, 0.25) is 0 Å². The van der Waals surface area contributed by atoms with Crippen LogP contribution in [0.15, 0.2) is 0 Å². The Morgan fingerprint density at radius 2 is 2.55 bits per heavy atom. The molecule has 1 saturated heterocycles. The van der Waals surface area contributed by atoms with Gasteiger partial charge in [-0.3, -0.25) is 0 Å². The topological polar surface area (TPSA) is 40.5 Å². The van der Waals surface area contributed by atoms with E-state index in [0.717, 1.165) is 11.1 Å². The summed E-state index contributed by atoms with van der Waals surface area (Å²) in [5, 5.41) is 9.96. The SMILES string of the molecule is O=C(O)N1CCSC(CBr)C1. The van der Waals surface area contributed by atoms with Crippen molar-refractivity contribution in [3.8, 4) is 0 Å². The van der Waals surface area contributed by atoms with Crippen molar-refractivity contribution in [3.05, 3.63) is 0 Å². The van der Waals surface area contributed by atoms with Crippen LogP contribution in [0.3, 0.4) is 0 Å². The van der Waals surface area contributed by atoms with Crippen LogP contribution >= 0.6 is 27.7 Å². The van der Waals surface area contributed by atoms with E-state index in [2.05, 4.69) is 15.9 Å². The number of hydrogen-bond acceptors (Lipinski definition) is 2. The Balaban J connectivity index is 2.39. The smallest absolute Gasteiger partial charge is 0.407 e. The van der Waals surface area contributed by atoms with Crippen LogP contribution in [0.25, 0.3) is 0 Å². The molecule has 1 aliphatic heterocycles. The van der Waals surface area contributed by atoms with E-state index in [-0.39, 0.29) is 0 Å². The van der Waals surface area contributed by atoms with E-state index in [9.17, 15) is 4.79 Å². The Kier molecular flexibility index (Phi) is 3.51. The lowest BCUT2D eigenvalue weighted by atomic mass is 10.4. The number of halogens is 1. The van der Waals surface area contributed by atoms with Crippen molar-refractivity contribution in [2.45, 2.75) is 5.25 Å². The molecule has 1 aliphatic rings. The third-order valence-electron chi connectivity index (χ3n) is 1.58. The van der Waals surface area contributed by atoms with E-state index in [1.54, 1.807) is 0 Å². The third kappa shape index (κ3) is 2.56. The lowest BCUT2D eigenvalue weighted by Crippen LogP contribution is -2.41. The molecule has 1 heterocycles. The zero-order valence-electron chi connectivity index (χ0n) is 5.99. The van der Waals surface area contributed by atoms with Gasteiger partial charge in [0.05, 0.1) is 0 Å². The van der Waals surface area contributed by atoms with Crippen molar-refractivity contribution >= 4 is 33.8 Å². The molecule has 11 heavy (non-hydrogen) atoms. The van der Waals surface area contributed by atoms with Crippen LogP contribution < -0.4 is 0 Å². The first kappa shape index (κ1) is 9.19. The van der Waals surface area contributed by atoms with Crippen LogP contribution in [0.5, 0.6) is 0 Å². The fraction of sp³-hybridized carbons (Fsp3) is 0.833. The van der Waals surface area contributed by atoms with Gasteiger partial charge in [-0.25, -0.2) is 4.79 Å². The average Bonchev–Trinajstić information content (AvgIpc) is 2.05. The number of alkyl halides is 1. The monoisotopic (exact) mass is 239 g/mol.